The summed E-state index contributed by atoms with van der Waals surface area (Å²) in [4.78, 5) is 28.8. The van der Waals surface area contributed by atoms with E-state index in [1.807, 2.05) is 30.6 Å². The van der Waals surface area contributed by atoms with E-state index in [1.165, 1.54) is 0 Å². The van der Waals surface area contributed by atoms with E-state index in [0.717, 1.165) is 45.3 Å². The van der Waals surface area contributed by atoms with Crippen molar-refractivity contribution in [2.24, 2.45) is 17.1 Å². The van der Waals surface area contributed by atoms with E-state index in [1.54, 1.807) is 0 Å². The molecule has 21 heavy (non-hydrogen) atoms. The summed E-state index contributed by atoms with van der Waals surface area (Å²) in [5, 5.41) is 0. The molecule has 2 amide bonds. The van der Waals surface area contributed by atoms with Gasteiger partial charge in [-0.05, 0) is 25.7 Å². The molecule has 2 N–H and O–H groups in total. The van der Waals surface area contributed by atoms with Crippen LogP contribution in [0.15, 0.2) is 0 Å². The van der Waals surface area contributed by atoms with Gasteiger partial charge in [-0.1, -0.05) is 20.8 Å². The van der Waals surface area contributed by atoms with Gasteiger partial charge >= 0.3 is 0 Å². The van der Waals surface area contributed by atoms with Gasteiger partial charge in [0.15, 0.2) is 0 Å². The summed E-state index contributed by atoms with van der Waals surface area (Å²) < 4.78 is 0. The zero-order chi connectivity index (χ0) is 15.6. The molecule has 0 aromatic heterocycles. The normalized spacial score (nSPS) is 25.0. The van der Waals surface area contributed by atoms with Crippen molar-refractivity contribution >= 4 is 11.8 Å². The van der Waals surface area contributed by atoms with Crippen molar-refractivity contribution in [1.82, 2.24) is 9.80 Å². The second-order valence-corrected chi connectivity index (χ2v) is 7.50. The second-order valence-electron chi connectivity index (χ2n) is 7.50. The Morgan fingerprint density at radius 3 is 2.19 bits per heavy atom. The minimum atomic E-state index is -0.372. The Kier molecular flexibility index (Phi) is 4.91. The van der Waals surface area contributed by atoms with Crippen LogP contribution in [0.4, 0.5) is 0 Å². The number of likely N-dealkylation sites (tertiary alicyclic amines) is 2. The molecule has 5 heteroatoms. The first-order valence-electron chi connectivity index (χ1n) is 8.13. The Hall–Kier alpha value is -1.10. The van der Waals surface area contributed by atoms with Gasteiger partial charge < -0.3 is 15.5 Å². The number of carbonyl (C=O) groups excluding carboxylic acids is 2. The predicted molar refractivity (Wildman–Crippen MR) is 82.5 cm³/mol. The van der Waals surface area contributed by atoms with Crippen LogP contribution in [0.25, 0.3) is 0 Å². The highest BCUT2D eigenvalue weighted by Gasteiger charge is 2.35. The van der Waals surface area contributed by atoms with Crippen LogP contribution < -0.4 is 5.73 Å². The maximum absolute atomic E-state index is 12.6. The minimum Gasteiger partial charge on any atom is -0.342 e. The quantitative estimate of drug-likeness (QED) is 0.791. The molecule has 0 aromatic carbocycles. The van der Waals surface area contributed by atoms with Gasteiger partial charge in [-0.15, -0.1) is 0 Å². The van der Waals surface area contributed by atoms with Gasteiger partial charge in [0.1, 0.15) is 0 Å². The molecule has 2 saturated heterocycles. The third-order valence-electron chi connectivity index (χ3n) is 4.55. The van der Waals surface area contributed by atoms with Crippen molar-refractivity contribution in [2.75, 3.05) is 26.2 Å². The Morgan fingerprint density at radius 2 is 1.62 bits per heavy atom. The number of rotatable bonds is 1. The molecule has 2 aliphatic heterocycles. The fraction of sp³-hybridized carbons (Fsp3) is 0.875. The Balaban J connectivity index is 1.94. The van der Waals surface area contributed by atoms with Crippen LogP contribution in [-0.4, -0.2) is 53.8 Å². The smallest absolute Gasteiger partial charge is 0.227 e. The van der Waals surface area contributed by atoms with Crippen LogP contribution in [0.2, 0.25) is 0 Å². The van der Waals surface area contributed by atoms with E-state index >= 15 is 0 Å². The number of nitrogens with zero attached hydrogens (tertiary/aromatic N) is 2. The molecule has 5 nitrogen and oxygen atoms in total. The largest absolute Gasteiger partial charge is 0.342 e. The molecule has 0 bridgehead atoms. The van der Waals surface area contributed by atoms with Crippen molar-refractivity contribution in [3.8, 4) is 0 Å². The fourth-order valence-corrected chi connectivity index (χ4v) is 3.22. The molecule has 2 rings (SSSR count). The molecular weight excluding hydrogens is 266 g/mol. The first kappa shape index (κ1) is 16.3. The topological polar surface area (TPSA) is 66.6 Å². The van der Waals surface area contributed by atoms with Crippen LogP contribution in [0.5, 0.6) is 0 Å². The van der Waals surface area contributed by atoms with Crippen molar-refractivity contribution in [3.63, 3.8) is 0 Å². The number of hydrogen-bond donors (Lipinski definition) is 1. The van der Waals surface area contributed by atoms with Gasteiger partial charge in [0.05, 0.1) is 5.92 Å². The van der Waals surface area contributed by atoms with E-state index in [2.05, 4.69) is 0 Å². The van der Waals surface area contributed by atoms with Gasteiger partial charge in [-0.3, -0.25) is 9.59 Å². The van der Waals surface area contributed by atoms with Crippen molar-refractivity contribution in [3.05, 3.63) is 0 Å². The molecule has 0 spiro atoms. The number of hydrogen-bond acceptors (Lipinski definition) is 3. The third kappa shape index (κ3) is 3.96. The standard InChI is InChI=1S/C16H29N3O2/c1-16(2,3)15(21)19-8-4-5-12(11-19)14(20)18-9-6-13(17)7-10-18/h12-13H,4-11,17H2,1-3H3. The molecule has 1 atom stereocenters. The zero-order valence-electron chi connectivity index (χ0n) is 13.6. The van der Waals surface area contributed by atoms with E-state index in [9.17, 15) is 9.59 Å². The van der Waals surface area contributed by atoms with Crippen molar-refractivity contribution in [1.29, 1.82) is 0 Å². The van der Waals surface area contributed by atoms with Crippen LogP contribution in [0.1, 0.15) is 46.5 Å². The average molecular weight is 295 g/mol. The molecule has 1 unspecified atom stereocenters. The monoisotopic (exact) mass is 295 g/mol. The molecule has 0 radical (unpaired) electrons. The lowest BCUT2D eigenvalue weighted by atomic mass is 9.90. The second kappa shape index (κ2) is 6.34. The van der Waals surface area contributed by atoms with E-state index < -0.39 is 0 Å². The van der Waals surface area contributed by atoms with Gasteiger partial charge in [-0.2, -0.15) is 0 Å². The number of piperidine rings is 2. The summed E-state index contributed by atoms with van der Waals surface area (Å²) in [6.45, 7) is 8.71. The summed E-state index contributed by atoms with van der Waals surface area (Å²) in [6, 6.07) is 0.236. The Bertz CT molecular complexity index is 395. The van der Waals surface area contributed by atoms with Gasteiger partial charge in [-0.25, -0.2) is 0 Å². The third-order valence-corrected chi connectivity index (χ3v) is 4.55. The lowest BCUT2D eigenvalue weighted by molar-refractivity contribution is -0.145. The highest BCUT2D eigenvalue weighted by atomic mass is 16.2. The Labute approximate surface area is 127 Å². The van der Waals surface area contributed by atoms with Crippen LogP contribution in [0.3, 0.4) is 0 Å². The van der Waals surface area contributed by atoms with Gasteiger partial charge in [0, 0.05) is 37.6 Å². The van der Waals surface area contributed by atoms with Gasteiger partial charge in [0.2, 0.25) is 11.8 Å². The van der Waals surface area contributed by atoms with E-state index in [0.29, 0.717) is 6.54 Å². The maximum Gasteiger partial charge on any atom is 0.227 e. The fourth-order valence-electron chi connectivity index (χ4n) is 3.22. The van der Waals surface area contributed by atoms with Crippen molar-refractivity contribution in [2.45, 2.75) is 52.5 Å². The van der Waals surface area contributed by atoms with Crippen LogP contribution in [-0.2, 0) is 9.59 Å². The first-order valence-corrected chi connectivity index (χ1v) is 8.13. The Morgan fingerprint density at radius 1 is 1.00 bits per heavy atom. The van der Waals surface area contributed by atoms with Crippen LogP contribution in [0, 0.1) is 11.3 Å². The summed E-state index contributed by atoms with van der Waals surface area (Å²) >= 11 is 0. The van der Waals surface area contributed by atoms with E-state index in [4.69, 9.17) is 5.73 Å². The molecule has 0 aromatic rings. The molecule has 2 heterocycles. The maximum atomic E-state index is 12.6. The minimum absolute atomic E-state index is 0.0284. The lowest BCUT2D eigenvalue weighted by Crippen LogP contribution is -2.51. The summed E-state index contributed by atoms with van der Waals surface area (Å²) in [5.41, 5.74) is 5.52. The number of carbonyl (C=O) groups is 2. The molecule has 120 valence electrons. The molecule has 0 aliphatic carbocycles. The highest BCUT2D eigenvalue weighted by Crippen LogP contribution is 2.25. The zero-order valence-corrected chi connectivity index (χ0v) is 13.6. The number of amides is 2. The average Bonchev–Trinajstić information content (AvgIpc) is 2.45. The SMILES string of the molecule is CC(C)(C)C(=O)N1CCCC(C(=O)N2CCC(N)CC2)C1. The predicted octanol–water partition coefficient (Wildman–Crippen LogP) is 1.22. The summed E-state index contributed by atoms with van der Waals surface area (Å²) in [7, 11) is 0. The summed E-state index contributed by atoms with van der Waals surface area (Å²) in [6.07, 6.45) is 3.60. The van der Waals surface area contributed by atoms with E-state index in [-0.39, 0.29) is 29.2 Å². The highest BCUT2D eigenvalue weighted by molar-refractivity contribution is 5.84. The molecule has 2 fully saturated rings. The van der Waals surface area contributed by atoms with Crippen molar-refractivity contribution < 1.29 is 9.59 Å². The first-order chi connectivity index (χ1) is 9.79. The lowest BCUT2D eigenvalue weighted by Gasteiger charge is -2.39. The molecular formula is C16H29N3O2. The molecule has 2 aliphatic rings. The number of nitrogens with two attached hydrogens (primary N) is 1. The molecule has 0 saturated carbocycles. The summed E-state index contributed by atoms with van der Waals surface area (Å²) in [5.74, 6) is 0.341. The van der Waals surface area contributed by atoms with Crippen LogP contribution >= 0.6 is 0 Å². The van der Waals surface area contributed by atoms with Gasteiger partial charge in [0.25, 0.3) is 0 Å².